The summed E-state index contributed by atoms with van der Waals surface area (Å²) in [5.74, 6) is 0.297. The quantitative estimate of drug-likeness (QED) is 0.706. The predicted molar refractivity (Wildman–Crippen MR) is 99.4 cm³/mol. The number of para-hydroxylation sites is 1. The minimum atomic E-state index is -0.630. The molecule has 26 heavy (non-hydrogen) atoms. The highest BCUT2D eigenvalue weighted by Crippen LogP contribution is 2.17. The standard InChI is InChI=1S/C20H24N2O4/c1-25-17-9-7-15(8-10-17)11-13-21-19(23)20(24)22-14-12-16-5-3-4-6-18(16)26-2/h3-10H,11-14H2,1-2H3,(H,21,23)(H,22,24). The summed E-state index contributed by atoms with van der Waals surface area (Å²) in [6.45, 7) is 0.760. The molecular weight excluding hydrogens is 332 g/mol. The summed E-state index contributed by atoms with van der Waals surface area (Å²) in [6, 6.07) is 15.2. The van der Waals surface area contributed by atoms with Gasteiger partial charge in [0.2, 0.25) is 0 Å². The Morgan fingerprint density at radius 3 is 2.04 bits per heavy atom. The molecule has 0 aliphatic rings. The van der Waals surface area contributed by atoms with E-state index in [4.69, 9.17) is 9.47 Å². The van der Waals surface area contributed by atoms with Gasteiger partial charge >= 0.3 is 11.8 Å². The average Bonchev–Trinajstić information content (AvgIpc) is 2.68. The van der Waals surface area contributed by atoms with Crippen LogP contribution in [0.1, 0.15) is 11.1 Å². The Bertz CT molecular complexity index is 729. The lowest BCUT2D eigenvalue weighted by Gasteiger charge is -2.09. The second-order valence-corrected chi connectivity index (χ2v) is 5.67. The molecule has 0 fully saturated rings. The molecule has 0 spiro atoms. The zero-order chi connectivity index (χ0) is 18.8. The first-order chi connectivity index (χ1) is 12.6. The second kappa shape index (κ2) is 10.1. The summed E-state index contributed by atoms with van der Waals surface area (Å²) >= 11 is 0. The van der Waals surface area contributed by atoms with Crippen LogP contribution in [0, 0.1) is 0 Å². The van der Waals surface area contributed by atoms with Crippen LogP contribution in [0.5, 0.6) is 11.5 Å². The molecular formula is C20H24N2O4. The summed E-state index contributed by atoms with van der Waals surface area (Å²) < 4.78 is 10.4. The highest BCUT2D eigenvalue weighted by Gasteiger charge is 2.12. The third kappa shape index (κ3) is 5.81. The largest absolute Gasteiger partial charge is 0.497 e. The van der Waals surface area contributed by atoms with Gasteiger partial charge in [-0.3, -0.25) is 9.59 Å². The van der Waals surface area contributed by atoms with E-state index in [1.54, 1.807) is 14.2 Å². The summed E-state index contributed by atoms with van der Waals surface area (Å²) in [7, 11) is 3.22. The molecule has 2 aromatic rings. The van der Waals surface area contributed by atoms with Crippen molar-refractivity contribution < 1.29 is 19.1 Å². The van der Waals surface area contributed by atoms with Crippen molar-refractivity contribution in [2.75, 3.05) is 27.3 Å². The number of hydrogen-bond donors (Lipinski definition) is 2. The predicted octanol–water partition coefficient (Wildman–Crippen LogP) is 1.72. The van der Waals surface area contributed by atoms with Crippen LogP contribution in [-0.4, -0.2) is 39.1 Å². The average molecular weight is 356 g/mol. The molecule has 0 saturated carbocycles. The number of ether oxygens (including phenoxy) is 2. The zero-order valence-electron chi connectivity index (χ0n) is 15.1. The van der Waals surface area contributed by atoms with Crippen LogP contribution in [-0.2, 0) is 22.4 Å². The van der Waals surface area contributed by atoms with Crippen LogP contribution >= 0.6 is 0 Å². The van der Waals surface area contributed by atoms with E-state index in [2.05, 4.69) is 10.6 Å². The maximum Gasteiger partial charge on any atom is 0.309 e. The Balaban J connectivity index is 1.69. The molecule has 0 radical (unpaired) electrons. The molecule has 138 valence electrons. The minimum absolute atomic E-state index is 0.366. The van der Waals surface area contributed by atoms with Gasteiger partial charge in [0.25, 0.3) is 0 Å². The van der Waals surface area contributed by atoms with Crippen LogP contribution < -0.4 is 20.1 Å². The first kappa shape index (κ1) is 19.3. The van der Waals surface area contributed by atoms with Crippen LogP contribution in [0.15, 0.2) is 48.5 Å². The van der Waals surface area contributed by atoms with Crippen molar-refractivity contribution in [3.8, 4) is 11.5 Å². The highest BCUT2D eigenvalue weighted by molar-refractivity contribution is 6.35. The molecule has 0 aliphatic carbocycles. The Labute approximate surface area is 153 Å². The monoisotopic (exact) mass is 356 g/mol. The van der Waals surface area contributed by atoms with E-state index >= 15 is 0 Å². The third-order valence-corrected chi connectivity index (χ3v) is 3.94. The molecule has 0 heterocycles. The lowest BCUT2D eigenvalue weighted by molar-refractivity contribution is -0.139. The minimum Gasteiger partial charge on any atom is -0.497 e. The number of benzene rings is 2. The van der Waals surface area contributed by atoms with Crippen LogP contribution in [0.25, 0.3) is 0 Å². The molecule has 0 atom stereocenters. The molecule has 0 saturated heterocycles. The van der Waals surface area contributed by atoms with E-state index < -0.39 is 11.8 Å². The zero-order valence-corrected chi connectivity index (χ0v) is 15.1. The normalized spacial score (nSPS) is 10.1. The molecule has 2 aromatic carbocycles. The molecule has 0 aromatic heterocycles. The first-order valence-electron chi connectivity index (χ1n) is 8.45. The fourth-order valence-electron chi connectivity index (χ4n) is 2.49. The Kier molecular flexibility index (Phi) is 7.49. The van der Waals surface area contributed by atoms with Crippen molar-refractivity contribution in [1.82, 2.24) is 10.6 Å². The lowest BCUT2D eigenvalue weighted by atomic mass is 10.1. The summed E-state index contributed by atoms with van der Waals surface area (Å²) in [5.41, 5.74) is 2.04. The number of carbonyl (C=O) groups excluding carboxylic acids is 2. The van der Waals surface area contributed by atoms with Gasteiger partial charge in [-0.2, -0.15) is 0 Å². The van der Waals surface area contributed by atoms with Gasteiger partial charge in [0.1, 0.15) is 11.5 Å². The van der Waals surface area contributed by atoms with Crippen molar-refractivity contribution in [1.29, 1.82) is 0 Å². The van der Waals surface area contributed by atoms with Crippen molar-refractivity contribution in [2.24, 2.45) is 0 Å². The number of nitrogens with one attached hydrogen (secondary N) is 2. The SMILES string of the molecule is COc1ccc(CCNC(=O)C(=O)NCCc2ccccc2OC)cc1. The van der Waals surface area contributed by atoms with Gasteiger partial charge in [-0.1, -0.05) is 30.3 Å². The van der Waals surface area contributed by atoms with Crippen molar-refractivity contribution in [2.45, 2.75) is 12.8 Å². The van der Waals surface area contributed by atoms with Crippen molar-refractivity contribution in [3.05, 3.63) is 59.7 Å². The number of carbonyl (C=O) groups is 2. The second-order valence-electron chi connectivity index (χ2n) is 5.67. The van der Waals surface area contributed by atoms with Gasteiger partial charge in [0, 0.05) is 13.1 Å². The van der Waals surface area contributed by atoms with Gasteiger partial charge in [0.05, 0.1) is 14.2 Å². The van der Waals surface area contributed by atoms with E-state index in [1.807, 2.05) is 48.5 Å². The van der Waals surface area contributed by atoms with Crippen LogP contribution in [0.3, 0.4) is 0 Å². The van der Waals surface area contributed by atoms with E-state index in [0.29, 0.717) is 25.9 Å². The van der Waals surface area contributed by atoms with Crippen molar-refractivity contribution >= 4 is 11.8 Å². The molecule has 2 N–H and O–H groups in total. The van der Waals surface area contributed by atoms with E-state index in [9.17, 15) is 9.59 Å². The number of methoxy groups -OCH3 is 2. The molecule has 2 amide bonds. The van der Waals surface area contributed by atoms with Gasteiger partial charge < -0.3 is 20.1 Å². The van der Waals surface area contributed by atoms with E-state index in [-0.39, 0.29) is 0 Å². The van der Waals surface area contributed by atoms with Gasteiger partial charge in [-0.25, -0.2) is 0 Å². The van der Waals surface area contributed by atoms with Gasteiger partial charge in [-0.05, 0) is 42.2 Å². The Hall–Kier alpha value is -3.02. The molecule has 6 nitrogen and oxygen atoms in total. The molecule has 0 unspecified atom stereocenters. The highest BCUT2D eigenvalue weighted by atomic mass is 16.5. The molecule has 2 rings (SSSR count). The Morgan fingerprint density at radius 2 is 1.42 bits per heavy atom. The van der Waals surface area contributed by atoms with Crippen LogP contribution in [0.4, 0.5) is 0 Å². The topological polar surface area (TPSA) is 76.7 Å². The Morgan fingerprint density at radius 1 is 0.808 bits per heavy atom. The lowest BCUT2D eigenvalue weighted by Crippen LogP contribution is -2.41. The van der Waals surface area contributed by atoms with Crippen molar-refractivity contribution in [3.63, 3.8) is 0 Å². The number of rotatable bonds is 8. The van der Waals surface area contributed by atoms with Gasteiger partial charge in [-0.15, -0.1) is 0 Å². The number of amides is 2. The fraction of sp³-hybridized carbons (Fsp3) is 0.300. The number of hydrogen-bond acceptors (Lipinski definition) is 4. The smallest absolute Gasteiger partial charge is 0.309 e. The maximum absolute atomic E-state index is 11.8. The molecule has 0 aliphatic heterocycles. The van der Waals surface area contributed by atoms with Crippen LogP contribution in [0.2, 0.25) is 0 Å². The fourth-order valence-corrected chi connectivity index (χ4v) is 2.49. The molecule has 6 heteroatoms. The molecule has 0 bridgehead atoms. The summed E-state index contributed by atoms with van der Waals surface area (Å²) in [6.07, 6.45) is 1.24. The van der Waals surface area contributed by atoms with E-state index in [1.165, 1.54) is 0 Å². The third-order valence-electron chi connectivity index (χ3n) is 3.94. The van der Waals surface area contributed by atoms with E-state index in [0.717, 1.165) is 22.6 Å². The maximum atomic E-state index is 11.8. The summed E-state index contributed by atoms with van der Waals surface area (Å²) in [4.78, 5) is 23.7. The summed E-state index contributed by atoms with van der Waals surface area (Å²) in [5, 5.41) is 5.25. The first-order valence-corrected chi connectivity index (χ1v) is 8.45. The van der Waals surface area contributed by atoms with Gasteiger partial charge in [0.15, 0.2) is 0 Å².